The molecule has 0 spiro atoms. The van der Waals surface area contributed by atoms with Crippen molar-refractivity contribution in [3.05, 3.63) is 211 Å². The zero-order valence-corrected chi connectivity index (χ0v) is 33.3. The van der Waals surface area contributed by atoms with Crippen LogP contribution in [0, 0.1) is 0 Å². The Labute approximate surface area is 348 Å². The average Bonchev–Trinajstić information content (AvgIpc) is 3.95. The Hall–Kier alpha value is -7.62. The molecule has 0 fully saturated rings. The van der Waals surface area contributed by atoms with Crippen LogP contribution in [-0.2, 0) is 5.41 Å². The van der Waals surface area contributed by atoms with Gasteiger partial charge in [-0.3, -0.25) is 0 Å². The molecule has 9 aromatic carbocycles. The van der Waals surface area contributed by atoms with Gasteiger partial charge in [-0.05, 0) is 111 Å². The summed E-state index contributed by atoms with van der Waals surface area (Å²) < 4.78 is 13.6. The summed E-state index contributed by atoms with van der Waals surface area (Å²) in [5, 5.41) is 4.29. The second-order valence-corrected chi connectivity index (χ2v) is 16.4. The van der Waals surface area contributed by atoms with Gasteiger partial charge in [0.1, 0.15) is 22.3 Å². The molecule has 3 nitrogen and oxygen atoms in total. The quantitative estimate of drug-likeness (QED) is 0.169. The summed E-state index contributed by atoms with van der Waals surface area (Å²) in [6.45, 7) is 4.69. The highest BCUT2D eigenvalue weighted by Crippen LogP contribution is 2.53. The lowest BCUT2D eigenvalue weighted by Gasteiger charge is -2.29. The maximum Gasteiger partial charge on any atom is 0.145 e. The molecule has 1 aliphatic rings. The van der Waals surface area contributed by atoms with Crippen molar-refractivity contribution in [1.82, 2.24) is 0 Å². The van der Waals surface area contributed by atoms with Gasteiger partial charge < -0.3 is 13.7 Å². The normalized spacial score (nSPS) is 13.0. The van der Waals surface area contributed by atoms with E-state index in [1.807, 2.05) is 18.2 Å². The summed E-state index contributed by atoms with van der Waals surface area (Å²) in [5.41, 5.74) is 18.5. The van der Waals surface area contributed by atoms with Gasteiger partial charge >= 0.3 is 0 Å². The molecule has 0 saturated carbocycles. The monoisotopic (exact) mass is 769 g/mol. The van der Waals surface area contributed by atoms with Gasteiger partial charge in [-0.25, -0.2) is 0 Å². The van der Waals surface area contributed by atoms with E-state index in [9.17, 15) is 0 Å². The molecule has 0 N–H and O–H groups in total. The van der Waals surface area contributed by atoms with Crippen LogP contribution < -0.4 is 4.90 Å². The topological polar surface area (TPSA) is 29.5 Å². The summed E-state index contributed by atoms with van der Waals surface area (Å²) in [6.07, 6.45) is 0. The molecule has 0 radical (unpaired) electrons. The number of fused-ring (bicyclic) bond motifs is 10. The molecule has 0 aliphatic heterocycles. The van der Waals surface area contributed by atoms with Crippen LogP contribution in [0.4, 0.5) is 17.1 Å². The van der Waals surface area contributed by atoms with Crippen LogP contribution in [0.2, 0.25) is 0 Å². The lowest BCUT2D eigenvalue weighted by Crippen LogP contribution is -2.15. The molecule has 1 aliphatic carbocycles. The Kier molecular flexibility index (Phi) is 7.58. The number of hydrogen-bond acceptors (Lipinski definition) is 3. The zero-order valence-electron chi connectivity index (χ0n) is 33.3. The standard InChI is InChI=1S/C57H39NO2/c1-57(2)47-19-11-9-17-43(47)44-30-25-40(35-48(44)57)53-49(32-31-46-55-52(60-56(46)53)34-33-51-54(55)45-18-10-12-20-50(45)59-51)58(41-26-21-38(22-27-41)36-13-5-3-6-14-36)42-28-23-39(24-29-42)37-15-7-4-8-16-37/h3-35H,1-2H3. The minimum absolute atomic E-state index is 0.175. The van der Waals surface area contributed by atoms with Crippen molar-refractivity contribution in [2.24, 2.45) is 0 Å². The average molecular weight is 770 g/mol. The van der Waals surface area contributed by atoms with E-state index in [-0.39, 0.29) is 5.41 Å². The number of furan rings is 2. The second kappa shape index (κ2) is 13.2. The number of nitrogens with zero attached hydrogens (tertiary/aromatic N) is 1. The van der Waals surface area contributed by atoms with Gasteiger partial charge in [0.25, 0.3) is 0 Å². The van der Waals surface area contributed by atoms with Crippen molar-refractivity contribution < 1.29 is 8.83 Å². The first-order valence-corrected chi connectivity index (χ1v) is 20.7. The Morgan fingerprint density at radius 2 is 0.917 bits per heavy atom. The molecule has 0 amide bonds. The van der Waals surface area contributed by atoms with Gasteiger partial charge in [0.15, 0.2) is 0 Å². The number of para-hydroxylation sites is 1. The fourth-order valence-corrected chi connectivity index (χ4v) is 9.75. The predicted molar refractivity (Wildman–Crippen MR) is 250 cm³/mol. The van der Waals surface area contributed by atoms with Crippen molar-refractivity contribution in [3.8, 4) is 44.5 Å². The molecule has 0 bridgehead atoms. The first-order chi connectivity index (χ1) is 29.5. The van der Waals surface area contributed by atoms with Gasteiger partial charge in [-0.15, -0.1) is 0 Å². The van der Waals surface area contributed by atoms with Crippen LogP contribution in [0.15, 0.2) is 209 Å². The van der Waals surface area contributed by atoms with Crippen LogP contribution in [0.1, 0.15) is 25.0 Å². The summed E-state index contributed by atoms with van der Waals surface area (Å²) in [5.74, 6) is 0. The van der Waals surface area contributed by atoms with E-state index in [4.69, 9.17) is 8.83 Å². The van der Waals surface area contributed by atoms with E-state index >= 15 is 0 Å². The third-order valence-electron chi connectivity index (χ3n) is 12.7. The molecule has 12 rings (SSSR count). The molecule has 284 valence electrons. The molecule has 3 heteroatoms. The summed E-state index contributed by atoms with van der Waals surface area (Å²) in [4.78, 5) is 2.39. The van der Waals surface area contributed by atoms with Gasteiger partial charge in [0.05, 0.1) is 5.69 Å². The Balaban J connectivity index is 1.14. The second-order valence-electron chi connectivity index (χ2n) is 16.4. The molecule has 11 aromatic rings. The summed E-state index contributed by atoms with van der Waals surface area (Å²) in [7, 11) is 0. The van der Waals surface area contributed by atoms with Gasteiger partial charge in [0.2, 0.25) is 0 Å². The van der Waals surface area contributed by atoms with Crippen molar-refractivity contribution in [2.75, 3.05) is 4.90 Å². The van der Waals surface area contributed by atoms with Crippen molar-refractivity contribution in [2.45, 2.75) is 19.3 Å². The molecule has 2 aromatic heterocycles. The molecule has 0 saturated heterocycles. The van der Waals surface area contributed by atoms with E-state index in [2.05, 4.69) is 201 Å². The van der Waals surface area contributed by atoms with Crippen LogP contribution in [0.25, 0.3) is 88.4 Å². The van der Waals surface area contributed by atoms with Crippen LogP contribution in [0.3, 0.4) is 0 Å². The first-order valence-electron chi connectivity index (χ1n) is 20.7. The SMILES string of the molecule is CC1(C)c2ccccc2-c2ccc(-c3c(N(c4ccc(-c5ccccc5)cc4)c4ccc(-c5ccccc5)cc4)ccc4c3oc3ccc5oc6ccccc6c5c34)cc21. The van der Waals surface area contributed by atoms with Gasteiger partial charge in [-0.1, -0.05) is 153 Å². The molecule has 60 heavy (non-hydrogen) atoms. The fraction of sp³-hybridized carbons (Fsp3) is 0.0526. The van der Waals surface area contributed by atoms with Crippen molar-refractivity contribution in [3.63, 3.8) is 0 Å². The third kappa shape index (κ3) is 5.22. The zero-order chi connectivity index (χ0) is 40.0. The van der Waals surface area contributed by atoms with E-state index in [0.717, 1.165) is 72.1 Å². The smallest absolute Gasteiger partial charge is 0.145 e. The van der Waals surface area contributed by atoms with Crippen LogP contribution >= 0.6 is 0 Å². The lowest BCUT2D eigenvalue weighted by molar-refractivity contribution is 0.660. The molecule has 0 unspecified atom stereocenters. The number of rotatable bonds is 6. The summed E-state index contributed by atoms with van der Waals surface area (Å²) >= 11 is 0. The lowest BCUT2D eigenvalue weighted by atomic mass is 9.81. The van der Waals surface area contributed by atoms with Crippen LogP contribution in [0.5, 0.6) is 0 Å². The minimum atomic E-state index is -0.175. The fourth-order valence-electron chi connectivity index (χ4n) is 9.75. The van der Waals surface area contributed by atoms with E-state index in [1.165, 1.54) is 44.5 Å². The molecule has 0 atom stereocenters. The highest BCUT2D eigenvalue weighted by molar-refractivity contribution is 6.27. The van der Waals surface area contributed by atoms with E-state index in [1.54, 1.807) is 0 Å². The molecular formula is C57H39NO2. The number of hydrogen-bond donors (Lipinski definition) is 0. The Morgan fingerprint density at radius 3 is 1.60 bits per heavy atom. The van der Waals surface area contributed by atoms with Gasteiger partial charge in [0, 0.05) is 43.9 Å². The van der Waals surface area contributed by atoms with Crippen molar-refractivity contribution >= 4 is 60.9 Å². The van der Waals surface area contributed by atoms with E-state index < -0.39 is 0 Å². The van der Waals surface area contributed by atoms with Gasteiger partial charge in [-0.2, -0.15) is 0 Å². The molecular weight excluding hydrogens is 731 g/mol. The number of anilines is 3. The van der Waals surface area contributed by atoms with Crippen molar-refractivity contribution in [1.29, 1.82) is 0 Å². The highest BCUT2D eigenvalue weighted by atomic mass is 16.3. The maximum absolute atomic E-state index is 7.15. The predicted octanol–water partition coefficient (Wildman–Crippen LogP) is 16.3. The minimum Gasteiger partial charge on any atom is -0.456 e. The largest absolute Gasteiger partial charge is 0.456 e. The molecule has 2 heterocycles. The highest BCUT2D eigenvalue weighted by Gasteiger charge is 2.36. The first kappa shape index (κ1) is 34.4. The maximum atomic E-state index is 7.15. The third-order valence-corrected chi connectivity index (χ3v) is 12.7. The Bertz CT molecular complexity index is 3340. The van der Waals surface area contributed by atoms with E-state index in [0.29, 0.717) is 0 Å². The number of benzene rings is 9. The van der Waals surface area contributed by atoms with Crippen LogP contribution in [-0.4, -0.2) is 0 Å². The summed E-state index contributed by atoms with van der Waals surface area (Å²) in [6, 6.07) is 71.8. The Morgan fingerprint density at radius 1 is 0.383 bits per heavy atom.